The van der Waals surface area contributed by atoms with E-state index in [-0.39, 0.29) is 11.7 Å². The van der Waals surface area contributed by atoms with Crippen molar-refractivity contribution in [1.29, 1.82) is 5.26 Å². The lowest BCUT2D eigenvalue weighted by Gasteiger charge is -2.16. The first-order valence-corrected chi connectivity index (χ1v) is 8.06. The predicted octanol–water partition coefficient (Wildman–Crippen LogP) is 1.95. The van der Waals surface area contributed by atoms with Crippen molar-refractivity contribution in [2.24, 2.45) is 0 Å². The van der Waals surface area contributed by atoms with Gasteiger partial charge in [0.15, 0.2) is 5.82 Å². The minimum atomic E-state index is -0.115. The SMILES string of the molecule is N#Cc1ccc(-c2cnc(N)c(-c3cc4c(cn3)C(=O)NCC4)n2)cc1. The van der Waals surface area contributed by atoms with Crippen LogP contribution in [-0.4, -0.2) is 27.4 Å². The van der Waals surface area contributed by atoms with Crippen LogP contribution in [0.5, 0.6) is 0 Å². The first-order chi connectivity index (χ1) is 12.7. The summed E-state index contributed by atoms with van der Waals surface area (Å²) in [5, 5.41) is 11.7. The fourth-order valence-electron chi connectivity index (χ4n) is 2.89. The molecule has 3 heterocycles. The molecular formula is C19H14N6O. The molecule has 1 aliphatic heterocycles. The van der Waals surface area contributed by atoms with Crippen molar-refractivity contribution in [2.75, 3.05) is 12.3 Å². The molecule has 7 heteroatoms. The maximum absolute atomic E-state index is 11.9. The third-order valence-electron chi connectivity index (χ3n) is 4.27. The highest BCUT2D eigenvalue weighted by Gasteiger charge is 2.19. The minimum Gasteiger partial charge on any atom is -0.382 e. The van der Waals surface area contributed by atoms with Gasteiger partial charge in [-0.3, -0.25) is 9.78 Å². The summed E-state index contributed by atoms with van der Waals surface area (Å²) in [5.41, 5.74) is 10.6. The number of rotatable bonds is 2. The molecule has 0 bridgehead atoms. The number of aromatic nitrogens is 3. The van der Waals surface area contributed by atoms with Gasteiger partial charge in [0.25, 0.3) is 5.91 Å². The number of fused-ring (bicyclic) bond motifs is 1. The van der Waals surface area contributed by atoms with E-state index in [2.05, 4.69) is 26.3 Å². The van der Waals surface area contributed by atoms with Gasteiger partial charge in [-0.25, -0.2) is 9.97 Å². The number of nitriles is 1. The van der Waals surface area contributed by atoms with Gasteiger partial charge in [-0.2, -0.15) is 5.26 Å². The molecule has 0 spiro atoms. The summed E-state index contributed by atoms with van der Waals surface area (Å²) in [6.07, 6.45) is 3.87. The van der Waals surface area contributed by atoms with Gasteiger partial charge in [0.05, 0.1) is 34.8 Å². The van der Waals surface area contributed by atoms with Gasteiger partial charge in [0.2, 0.25) is 0 Å². The van der Waals surface area contributed by atoms with Crippen LogP contribution in [0.1, 0.15) is 21.5 Å². The zero-order chi connectivity index (χ0) is 18.1. The molecule has 0 fully saturated rings. The number of benzene rings is 1. The number of anilines is 1. The van der Waals surface area contributed by atoms with Crippen molar-refractivity contribution in [1.82, 2.24) is 20.3 Å². The molecule has 26 heavy (non-hydrogen) atoms. The van der Waals surface area contributed by atoms with Gasteiger partial charge in [-0.05, 0) is 30.2 Å². The predicted molar refractivity (Wildman–Crippen MR) is 95.9 cm³/mol. The van der Waals surface area contributed by atoms with E-state index in [1.165, 1.54) is 0 Å². The van der Waals surface area contributed by atoms with Crippen molar-refractivity contribution in [3.8, 4) is 28.7 Å². The Morgan fingerprint density at radius 1 is 1.12 bits per heavy atom. The van der Waals surface area contributed by atoms with Crippen LogP contribution in [0.4, 0.5) is 5.82 Å². The van der Waals surface area contributed by atoms with Crippen molar-refractivity contribution >= 4 is 11.7 Å². The van der Waals surface area contributed by atoms with Crippen molar-refractivity contribution in [3.63, 3.8) is 0 Å². The second-order valence-electron chi connectivity index (χ2n) is 5.91. The van der Waals surface area contributed by atoms with E-state index in [1.54, 1.807) is 24.5 Å². The van der Waals surface area contributed by atoms with Gasteiger partial charge < -0.3 is 11.1 Å². The van der Waals surface area contributed by atoms with Gasteiger partial charge in [-0.1, -0.05) is 12.1 Å². The first-order valence-electron chi connectivity index (χ1n) is 8.06. The second kappa shape index (κ2) is 6.26. The summed E-state index contributed by atoms with van der Waals surface area (Å²) in [5.74, 6) is 0.158. The lowest BCUT2D eigenvalue weighted by molar-refractivity contribution is 0.0945. The van der Waals surface area contributed by atoms with Crippen LogP contribution in [0.15, 0.2) is 42.7 Å². The maximum atomic E-state index is 11.9. The largest absolute Gasteiger partial charge is 0.382 e. The summed E-state index contributed by atoms with van der Waals surface area (Å²) in [6, 6.07) is 11.0. The van der Waals surface area contributed by atoms with Crippen LogP contribution >= 0.6 is 0 Å². The number of nitrogens with zero attached hydrogens (tertiary/aromatic N) is 4. The maximum Gasteiger partial charge on any atom is 0.253 e. The molecule has 4 rings (SSSR count). The minimum absolute atomic E-state index is 0.115. The third kappa shape index (κ3) is 2.74. The monoisotopic (exact) mass is 342 g/mol. The molecular weight excluding hydrogens is 328 g/mol. The number of hydrogen-bond donors (Lipinski definition) is 2. The summed E-state index contributed by atoms with van der Waals surface area (Å²) in [4.78, 5) is 25.0. The zero-order valence-corrected chi connectivity index (χ0v) is 13.7. The van der Waals surface area contributed by atoms with Crippen molar-refractivity contribution in [2.45, 2.75) is 6.42 Å². The molecule has 1 aromatic carbocycles. The molecule has 0 atom stereocenters. The fraction of sp³-hybridized carbons (Fsp3) is 0.105. The molecule has 0 unspecified atom stereocenters. The topological polar surface area (TPSA) is 118 Å². The van der Waals surface area contributed by atoms with E-state index in [0.717, 1.165) is 17.5 Å². The smallest absolute Gasteiger partial charge is 0.253 e. The van der Waals surface area contributed by atoms with Crippen LogP contribution in [0.25, 0.3) is 22.6 Å². The Bertz CT molecular complexity index is 1050. The van der Waals surface area contributed by atoms with Gasteiger partial charge in [0.1, 0.15) is 5.69 Å². The average Bonchev–Trinajstić information content (AvgIpc) is 2.68. The summed E-state index contributed by atoms with van der Waals surface area (Å²) in [6.45, 7) is 0.599. The molecule has 3 aromatic rings. The Morgan fingerprint density at radius 3 is 2.69 bits per heavy atom. The van der Waals surface area contributed by atoms with E-state index in [4.69, 9.17) is 11.0 Å². The van der Waals surface area contributed by atoms with Crippen LogP contribution in [0, 0.1) is 11.3 Å². The number of hydrogen-bond acceptors (Lipinski definition) is 6. The first kappa shape index (κ1) is 15.7. The van der Waals surface area contributed by atoms with Gasteiger partial charge in [0, 0.05) is 18.3 Å². The molecule has 0 saturated carbocycles. The Labute approximate surface area is 149 Å². The number of nitrogens with two attached hydrogens (primary N) is 1. The number of carbonyl (C=O) groups excluding carboxylic acids is 1. The quantitative estimate of drug-likeness (QED) is 0.735. The molecule has 7 nitrogen and oxygen atoms in total. The Morgan fingerprint density at radius 2 is 1.92 bits per heavy atom. The Hall–Kier alpha value is -3.79. The number of amides is 1. The van der Waals surface area contributed by atoms with Gasteiger partial charge in [-0.15, -0.1) is 0 Å². The number of nitrogens with one attached hydrogen (secondary N) is 1. The molecule has 0 saturated heterocycles. The van der Waals surface area contributed by atoms with Crippen LogP contribution in [0.2, 0.25) is 0 Å². The Kier molecular flexibility index (Phi) is 3.78. The standard InChI is InChI=1S/C19H14N6O/c20-8-11-1-3-12(4-2-11)16-10-24-18(21)17(25-16)15-7-13-5-6-22-19(26)14(13)9-23-15/h1-4,7,9-10H,5-6H2,(H2,21,24)(H,22,26). The molecule has 1 amide bonds. The van der Waals surface area contributed by atoms with Crippen LogP contribution in [0.3, 0.4) is 0 Å². The summed E-state index contributed by atoms with van der Waals surface area (Å²) in [7, 11) is 0. The molecule has 2 aromatic heterocycles. The van der Waals surface area contributed by atoms with Crippen molar-refractivity contribution in [3.05, 3.63) is 59.4 Å². The number of nitrogen functional groups attached to an aromatic ring is 1. The zero-order valence-electron chi connectivity index (χ0n) is 13.7. The van der Waals surface area contributed by atoms with Crippen LogP contribution in [-0.2, 0) is 6.42 Å². The normalized spacial score (nSPS) is 12.8. The lowest BCUT2D eigenvalue weighted by atomic mass is 10.0. The highest BCUT2D eigenvalue weighted by molar-refractivity contribution is 5.96. The molecule has 0 radical (unpaired) electrons. The molecule has 1 aliphatic rings. The van der Waals surface area contributed by atoms with E-state index in [1.807, 2.05) is 18.2 Å². The van der Waals surface area contributed by atoms with Crippen molar-refractivity contribution < 1.29 is 4.79 Å². The highest BCUT2D eigenvalue weighted by Crippen LogP contribution is 2.27. The average molecular weight is 342 g/mol. The third-order valence-corrected chi connectivity index (χ3v) is 4.27. The van der Waals surface area contributed by atoms with E-state index >= 15 is 0 Å². The number of pyridine rings is 1. The van der Waals surface area contributed by atoms with Crippen LogP contribution < -0.4 is 11.1 Å². The summed E-state index contributed by atoms with van der Waals surface area (Å²) < 4.78 is 0. The van der Waals surface area contributed by atoms with E-state index in [9.17, 15) is 4.79 Å². The highest BCUT2D eigenvalue weighted by atomic mass is 16.1. The van der Waals surface area contributed by atoms with Gasteiger partial charge >= 0.3 is 0 Å². The Balaban J connectivity index is 1.77. The fourth-order valence-corrected chi connectivity index (χ4v) is 2.89. The van der Waals surface area contributed by atoms with E-state index < -0.39 is 0 Å². The molecule has 126 valence electrons. The lowest BCUT2D eigenvalue weighted by Crippen LogP contribution is -2.31. The van der Waals surface area contributed by atoms with E-state index in [0.29, 0.717) is 34.8 Å². The second-order valence-corrected chi connectivity index (χ2v) is 5.91. The number of carbonyl (C=O) groups is 1. The molecule has 3 N–H and O–H groups in total. The molecule has 0 aliphatic carbocycles. The summed E-state index contributed by atoms with van der Waals surface area (Å²) >= 11 is 0.